The minimum atomic E-state index is 1.25. The molecule has 0 aliphatic carbocycles. The standard InChI is InChI=1S/C23H15NS/c1-3-14-13(2)24-20-12-22-19(15-7-4-5-10-21(15)25-22)11-18(20)17-9-6-8-16(14)23(17)24/h3-12H,1H2,2H3. The number of hydrogen-bond donors (Lipinski definition) is 0. The summed E-state index contributed by atoms with van der Waals surface area (Å²) in [5.74, 6) is 0. The van der Waals surface area contributed by atoms with Crippen LogP contribution in [0.15, 0.2) is 61.2 Å². The highest BCUT2D eigenvalue weighted by Crippen LogP contribution is 2.42. The predicted molar refractivity (Wildman–Crippen MR) is 111 cm³/mol. The summed E-state index contributed by atoms with van der Waals surface area (Å²) in [6.45, 7) is 6.23. The van der Waals surface area contributed by atoms with Crippen LogP contribution in [-0.2, 0) is 0 Å². The van der Waals surface area contributed by atoms with Gasteiger partial charge in [0, 0.05) is 47.6 Å². The third kappa shape index (κ3) is 1.49. The van der Waals surface area contributed by atoms with E-state index in [1.807, 2.05) is 17.4 Å². The molecule has 25 heavy (non-hydrogen) atoms. The van der Waals surface area contributed by atoms with Crippen LogP contribution in [-0.4, -0.2) is 4.40 Å². The number of benzene rings is 3. The van der Waals surface area contributed by atoms with E-state index in [0.717, 1.165) is 0 Å². The summed E-state index contributed by atoms with van der Waals surface area (Å²) in [6, 6.07) is 20.1. The van der Waals surface area contributed by atoms with Crippen LogP contribution in [0, 0.1) is 6.92 Å². The van der Waals surface area contributed by atoms with Crippen molar-refractivity contribution in [3.05, 3.63) is 72.4 Å². The molecule has 0 atom stereocenters. The van der Waals surface area contributed by atoms with Crippen molar-refractivity contribution in [3.63, 3.8) is 0 Å². The molecular formula is C23H15NS. The highest BCUT2D eigenvalue weighted by molar-refractivity contribution is 7.25. The number of thiophene rings is 1. The fourth-order valence-electron chi connectivity index (χ4n) is 4.42. The highest BCUT2D eigenvalue weighted by atomic mass is 32.1. The Morgan fingerprint density at radius 3 is 2.52 bits per heavy atom. The predicted octanol–water partition coefficient (Wildman–Crippen LogP) is 7.00. The first kappa shape index (κ1) is 13.5. The van der Waals surface area contributed by atoms with Crippen molar-refractivity contribution in [1.29, 1.82) is 0 Å². The van der Waals surface area contributed by atoms with Crippen LogP contribution < -0.4 is 0 Å². The van der Waals surface area contributed by atoms with Gasteiger partial charge in [0.25, 0.3) is 0 Å². The van der Waals surface area contributed by atoms with Crippen molar-refractivity contribution in [2.45, 2.75) is 6.92 Å². The number of aromatic nitrogens is 1. The lowest BCUT2D eigenvalue weighted by Crippen LogP contribution is -1.84. The maximum absolute atomic E-state index is 4.03. The molecule has 3 aromatic carbocycles. The van der Waals surface area contributed by atoms with E-state index in [-0.39, 0.29) is 0 Å². The normalized spacial score (nSPS) is 12.4. The Hall–Kier alpha value is -2.84. The fourth-order valence-corrected chi connectivity index (χ4v) is 5.54. The van der Waals surface area contributed by atoms with Gasteiger partial charge in [-0.15, -0.1) is 11.3 Å². The van der Waals surface area contributed by atoms with Gasteiger partial charge in [-0.25, -0.2) is 0 Å². The van der Waals surface area contributed by atoms with Crippen LogP contribution in [0.3, 0.4) is 0 Å². The van der Waals surface area contributed by atoms with E-state index in [0.29, 0.717) is 0 Å². The number of hydrogen-bond acceptors (Lipinski definition) is 1. The van der Waals surface area contributed by atoms with Crippen LogP contribution in [0.25, 0.3) is 53.4 Å². The fraction of sp³-hybridized carbons (Fsp3) is 0.0435. The second-order valence-corrected chi connectivity index (χ2v) is 7.79. The summed E-state index contributed by atoms with van der Waals surface area (Å²) in [4.78, 5) is 0. The Kier molecular flexibility index (Phi) is 2.37. The van der Waals surface area contributed by atoms with Gasteiger partial charge >= 0.3 is 0 Å². The Morgan fingerprint density at radius 2 is 1.64 bits per heavy atom. The first-order valence-corrected chi connectivity index (χ1v) is 9.32. The summed E-state index contributed by atoms with van der Waals surface area (Å²) in [5.41, 5.74) is 5.15. The molecule has 3 heterocycles. The average Bonchev–Trinajstić information content (AvgIpc) is 3.25. The van der Waals surface area contributed by atoms with Gasteiger partial charge in [-0.2, -0.15) is 0 Å². The van der Waals surface area contributed by atoms with E-state index >= 15 is 0 Å². The van der Waals surface area contributed by atoms with E-state index in [1.165, 1.54) is 58.6 Å². The molecular weight excluding hydrogens is 322 g/mol. The van der Waals surface area contributed by atoms with E-state index in [4.69, 9.17) is 0 Å². The van der Waals surface area contributed by atoms with Gasteiger partial charge in [0.05, 0.1) is 11.0 Å². The van der Waals surface area contributed by atoms with E-state index in [9.17, 15) is 0 Å². The monoisotopic (exact) mass is 337 g/mol. The third-order valence-electron chi connectivity index (χ3n) is 5.51. The minimum Gasteiger partial charge on any atom is -0.312 e. The Balaban J connectivity index is 1.94. The van der Waals surface area contributed by atoms with Gasteiger partial charge in [-0.1, -0.05) is 49.1 Å². The first-order valence-electron chi connectivity index (χ1n) is 8.50. The topological polar surface area (TPSA) is 4.41 Å². The third-order valence-corrected chi connectivity index (χ3v) is 6.64. The minimum absolute atomic E-state index is 1.25. The SMILES string of the molecule is C=Cc1c(C)n2c3cc4sc5ccccc5c4cc3c3cccc1c32. The quantitative estimate of drug-likeness (QED) is 0.304. The summed E-state index contributed by atoms with van der Waals surface area (Å²) >= 11 is 1.88. The molecule has 0 fully saturated rings. The molecule has 0 aliphatic rings. The molecule has 1 nitrogen and oxygen atoms in total. The molecule has 0 saturated heterocycles. The van der Waals surface area contributed by atoms with Crippen LogP contribution in [0.2, 0.25) is 0 Å². The Morgan fingerprint density at radius 1 is 0.840 bits per heavy atom. The first-order chi connectivity index (χ1) is 12.3. The summed E-state index contributed by atoms with van der Waals surface area (Å²) in [6.07, 6.45) is 1.99. The van der Waals surface area contributed by atoms with Crippen LogP contribution in [0.1, 0.15) is 11.3 Å². The maximum Gasteiger partial charge on any atom is 0.0617 e. The summed E-state index contributed by atoms with van der Waals surface area (Å²) in [7, 11) is 0. The molecule has 0 amide bonds. The van der Waals surface area contributed by atoms with E-state index in [1.54, 1.807) is 0 Å². The largest absolute Gasteiger partial charge is 0.312 e. The van der Waals surface area contributed by atoms with Gasteiger partial charge in [-0.05, 0) is 25.1 Å². The molecule has 6 aromatic rings. The molecule has 0 unspecified atom stereocenters. The number of rotatable bonds is 1. The van der Waals surface area contributed by atoms with Crippen molar-refractivity contribution in [1.82, 2.24) is 4.40 Å². The molecule has 118 valence electrons. The van der Waals surface area contributed by atoms with Gasteiger partial charge in [0.1, 0.15) is 0 Å². The number of aryl methyl sites for hydroxylation is 1. The zero-order valence-corrected chi connectivity index (χ0v) is 14.7. The van der Waals surface area contributed by atoms with Crippen molar-refractivity contribution in [3.8, 4) is 0 Å². The number of fused-ring (bicyclic) bond motifs is 6. The lowest BCUT2D eigenvalue weighted by atomic mass is 10.1. The van der Waals surface area contributed by atoms with E-state index < -0.39 is 0 Å². The van der Waals surface area contributed by atoms with Crippen molar-refractivity contribution >= 4 is 64.8 Å². The molecule has 2 heteroatoms. The van der Waals surface area contributed by atoms with Crippen LogP contribution in [0.5, 0.6) is 0 Å². The van der Waals surface area contributed by atoms with Gasteiger partial charge in [0.15, 0.2) is 0 Å². The van der Waals surface area contributed by atoms with Crippen molar-refractivity contribution < 1.29 is 0 Å². The highest BCUT2D eigenvalue weighted by Gasteiger charge is 2.19. The second kappa shape index (κ2) is 4.41. The Labute approximate surface area is 148 Å². The molecule has 0 radical (unpaired) electrons. The number of nitrogens with zero attached hydrogens (tertiary/aromatic N) is 1. The van der Waals surface area contributed by atoms with Crippen LogP contribution >= 0.6 is 11.3 Å². The lowest BCUT2D eigenvalue weighted by Gasteiger charge is -1.99. The van der Waals surface area contributed by atoms with Crippen LogP contribution in [0.4, 0.5) is 0 Å². The molecule has 0 aliphatic heterocycles. The zero-order valence-electron chi connectivity index (χ0n) is 13.8. The molecule has 6 rings (SSSR count). The van der Waals surface area contributed by atoms with Crippen molar-refractivity contribution in [2.24, 2.45) is 0 Å². The number of para-hydroxylation sites is 1. The average molecular weight is 337 g/mol. The summed E-state index contributed by atoms with van der Waals surface area (Å²) < 4.78 is 5.13. The van der Waals surface area contributed by atoms with E-state index in [2.05, 4.69) is 72.5 Å². The molecule has 3 aromatic heterocycles. The van der Waals surface area contributed by atoms with Gasteiger partial charge in [-0.3, -0.25) is 0 Å². The van der Waals surface area contributed by atoms with Gasteiger partial charge in [0.2, 0.25) is 0 Å². The molecule has 0 spiro atoms. The molecule has 0 N–H and O–H groups in total. The zero-order chi connectivity index (χ0) is 16.7. The Bertz CT molecular complexity index is 1460. The van der Waals surface area contributed by atoms with Crippen molar-refractivity contribution in [2.75, 3.05) is 0 Å². The molecule has 0 saturated carbocycles. The molecule has 0 bridgehead atoms. The summed E-state index contributed by atoms with van der Waals surface area (Å²) in [5, 5.41) is 6.70. The van der Waals surface area contributed by atoms with Gasteiger partial charge < -0.3 is 4.40 Å². The second-order valence-electron chi connectivity index (χ2n) is 6.70. The lowest BCUT2D eigenvalue weighted by molar-refractivity contribution is 1.18. The maximum atomic E-state index is 4.03. The smallest absolute Gasteiger partial charge is 0.0617 e.